The first-order valence-electron chi connectivity index (χ1n) is 5.90. The fourth-order valence-corrected chi connectivity index (χ4v) is 1.95. The summed E-state index contributed by atoms with van der Waals surface area (Å²) in [6.07, 6.45) is 0. The van der Waals surface area contributed by atoms with Crippen molar-refractivity contribution in [3.05, 3.63) is 58.4 Å². The van der Waals surface area contributed by atoms with Crippen LogP contribution in [0.25, 0.3) is 0 Å². The highest BCUT2D eigenvalue weighted by molar-refractivity contribution is 6.31. The zero-order valence-corrected chi connectivity index (χ0v) is 11.7. The maximum atomic E-state index is 13.7. The van der Waals surface area contributed by atoms with E-state index in [0.29, 0.717) is 5.75 Å². The van der Waals surface area contributed by atoms with E-state index in [1.54, 1.807) is 12.1 Å². The zero-order chi connectivity index (χ0) is 15.4. The second kappa shape index (κ2) is 6.25. The summed E-state index contributed by atoms with van der Waals surface area (Å²) in [4.78, 5) is 12.1. The molecule has 1 N–H and O–H groups in total. The molecule has 0 aliphatic heterocycles. The van der Waals surface area contributed by atoms with Gasteiger partial charge in [0.2, 0.25) is 0 Å². The van der Waals surface area contributed by atoms with Gasteiger partial charge in [-0.05, 0) is 30.3 Å². The Balaban J connectivity index is 2.41. The first-order chi connectivity index (χ1) is 10.1. The number of amides is 1. The number of anilines is 1. The van der Waals surface area contributed by atoms with Gasteiger partial charge in [0.05, 0.1) is 18.2 Å². The predicted molar refractivity (Wildman–Crippen MR) is 77.1 cm³/mol. The van der Waals surface area contributed by atoms with E-state index >= 15 is 0 Å². The van der Waals surface area contributed by atoms with Gasteiger partial charge in [-0.2, -0.15) is 5.26 Å². The molecule has 0 saturated carbocycles. The lowest BCUT2D eigenvalue weighted by atomic mass is 10.1. The van der Waals surface area contributed by atoms with Crippen LogP contribution >= 0.6 is 11.6 Å². The third-order valence-electron chi connectivity index (χ3n) is 2.78. The van der Waals surface area contributed by atoms with Crippen LogP contribution in [0.1, 0.15) is 15.9 Å². The number of halogens is 2. The lowest BCUT2D eigenvalue weighted by molar-refractivity contribution is 0.102. The van der Waals surface area contributed by atoms with E-state index in [-0.39, 0.29) is 21.8 Å². The number of nitrogens with one attached hydrogen (secondary N) is 1. The zero-order valence-electron chi connectivity index (χ0n) is 11.0. The van der Waals surface area contributed by atoms with E-state index < -0.39 is 11.7 Å². The average Bonchev–Trinajstić information content (AvgIpc) is 2.49. The summed E-state index contributed by atoms with van der Waals surface area (Å²) >= 11 is 5.76. The number of carbonyl (C=O) groups is 1. The molecular formula is C15H10ClFN2O2. The summed E-state index contributed by atoms with van der Waals surface area (Å²) in [6.45, 7) is 0. The number of methoxy groups -OCH3 is 1. The molecule has 0 aliphatic carbocycles. The van der Waals surface area contributed by atoms with Crippen LogP contribution in [0.4, 0.5) is 10.1 Å². The summed E-state index contributed by atoms with van der Waals surface area (Å²) in [6, 6.07) is 10.3. The fraction of sp³-hybridized carbons (Fsp3) is 0.0667. The van der Waals surface area contributed by atoms with E-state index in [9.17, 15) is 9.18 Å². The Hall–Kier alpha value is -2.58. The molecule has 0 aliphatic rings. The highest BCUT2D eigenvalue weighted by Gasteiger charge is 2.17. The summed E-state index contributed by atoms with van der Waals surface area (Å²) in [5, 5.41) is 11.8. The summed E-state index contributed by atoms with van der Waals surface area (Å²) in [7, 11) is 1.41. The predicted octanol–water partition coefficient (Wildman–Crippen LogP) is 3.61. The highest BCUT2D eigenvalue weighted by atomic mass is 35.5. The van der Waals surface area contributed by atoms with Gasteiger partial charge < -0.3 is 10.1 Å². The molecule has 1 amide bonds. The number of hydrogen-bond donors (Lipinski definition) is 1. The van der Waals surface area contributed by atoms with Crippen LogP contribution < -0.4 is 10.1 Å². The third-order valence-corrected chi connectivity index (χ3v) is 3.01. The summed E-state index contributed by atoms with van der Waals surface area (Å²) < 4.78 is 18.8. The number of benzene rings is 2. The van der Waals surface area contributed by atoms with E-state index in [0.717, 1.165) is 6.07 Å². The molecule has 0 heterocycles. The molecule has 2 aromatic carbocycles. The van der Waals surface area contributed by atoms with Crippen molar-refractivity contribution in [2.75, 3.05) is 12.4 Å². The second-order valence-electron chi connectivity index (χ2n) is 4.07. The van der Waals surface area contributed by atoms with Crippen LogP contribution in [0.3, 0.4) is 0 Å². The first kappa shape index (κ1) is 14.8. The van der Waals surface area contributed by atoms with Crippen molar-refractivity contribution in [2.45, 2.75) is 0 Å². The van der Waals surface area contributed by atoms with Gasteiger partial charge in [0.15, 0.2) is 0 Å². The summed E-state index contributed by atoms with van der Waals surface area (Å²) in [5.74, 6) is -1.11. The van der Waals surface area contributed by atoms with Crippen LogP contribution in [0, 0.1) is 17.1 Å². The van der Waals surface area contributed by atoms with Crippen molar-refractivity contribution >= 4 is 23.2 Å². The molecule has 0 fully saturated rings. The molecule has 2 rings (SSSR count). The van der Waals surface area contributed by atoms with Gasteiger partial charge in [-0.3, -0.25) is 4.79 Å². The lowest BCUT2D eigenvalue weighted by Crippen LogP contribution is -2.15. The minimum Gasteiger partial charge on any atom is -0.495 e. The Morgan fingerprint density at radius 3 is 2.81 bits per heavy atom. The highest BCUT2D eigenvalue weighted by Crippen LogP contribution is 2.28. The normalized spacial score (nSPS) is 9.81. The fourth-order valence-electron chi connectivity index (χ4n) is 1.78. The van der Waals surface area contributed by atoms with Gasteiger partial charge in [-0.25, -0.2) is 4.39 Å². The van der Waals surface area contributed by atoms with Crippen molar-refractivity contribution in [3.8, 4) is 11.8 Å². The van der Waals surface area contributed by atoms with Crippen molar-refractivity contribution in [1.82, 2.24) is 0 Å². The first-order valence-corrected chi connectivity index (χ1v) is 6.28. The number of hydrogen-bond acceptors (Lipinski definition) is 3. The molecule has 0 aromatic heterocycles. The minimum atomic E-state index is -0.712. The molecular weight excluding hydrogens is 295 g/mol. The third kappa shape index (κ3) is 3.12. The minimum absolute atomic E-state index is 0.187. The van der Waals surface area contributed by atoms with Gasteiger partial charge >= 0.3 is 0 Å². The Kier molecular flexibility index (Phi) is 4.41. The number of rotatable bonds is 3. The molecule has 0 unspecified atom stereocenters. The van der Waals surface area contributed by atoms with Crippen LogP contribution in [0.15, 0.2) is 36.4 Å². The molecule has 4 nitrogen and oxygen atoms in total. The Labute approximate surface area is 125 Å². The van der Waals surface area contributed by atoms with Crippen LogP contribution in [0.5, 0.6) is 5.75 Å². The number of nitriles is 1. The maximum Gasteiger partial charge on any atom is 0.258 e. The molecule has 6 heteroatoms. The van der Waals surface area contributed by atoms with Crippen LogP contribution in [-0.2, 0) is 0 Å². The van der Waals surface area contributed by atoms with Crippen molar-refractivity contribution in [2.24, 2.45) is 0 Å². The SMILES string of the molecule is COc1cccc(C#N)c1NC(=O)c1cc(Cl)ccc1F. The molecule has 2 aromatic rings. The smallest absolute Gasteiger partial charge is 0.258 e. The van der Waals surface area contributed by atoms with Crippen molar-refractivity contribution < 1.29 is 13.9 Å². The lowest BCUT2D eigenvalue weighted by Gasteiger charge is -2.12. The van der Waals surface area contributed by atoms with E-state index in [1.165, 1.54) is 25.3 Å². The monoisotopic (exact) mass is 304 g/mol. The van der Waals surface area contributed by atoms with Crippen LogP contribution in [0.2, 0.25) is 5.02 Å². The van der Waals surface area contributed by atoms with Gasteiger partial charge in [0, 0.05) is 5.02 Å². The van der Waals surface area contributed by atoms with Gasteiger partial charge in [0.25, 0.3) is 5.91 Å². The Bertz CT molecular complexity index is 741. The summed E-state index contributed by atoms with van der Waals surface area (Å²) in [5.41, 5.74) is 0.189. The number of nitrogens with zero attached hydrogens (tertiary/aromatic N) is 1. The van der Waals surface area contributed by atoms with E-state index in [2.05, 4.69) is 5.32 Å². The maximum absolute atomic E-state index is 13.7. The van der Waals surface area contributed by atoms with Crippen molar-refractivity contribution in [1.29, 1.82) is 5.26 Å². The Morgan fingerprint density at radius 2 is 2.14 bits per heavy atom. The standard InChI is InChI=1S/C15H10ClFN2O2/c1-21-13-4-2-3-9(8-18)14(13)19-15(20)11-7-10(16)5-6-12(11)17/h2-7H,1H3,(H,19,20). The second-order valence-corrected chi connectivity index (χ2v) is 4.51. The molecule has 21 heavy (non-hydrogen) atoms. The average molecular weight is 305 g/mol. The number of carbonyl (C=O) groups excluding carboxylic acids is 1. The largest absolute Gasteiger partial charge is 0.495 e. The number of para-hydroxylation sites is 1. The number of ether oxygens (including phenoxy) is 1. The molecule has 0 saturated heterocycles. The van der Waals surface area contributed by atoms with Gasteiger partial charge in [-0.15, -0.1) is 0 Å². The molecule has 0 bridgehead atoms. The van der Waals surface area contributed by atoms with Crippen LogP contribution in [-0.4, -0.2) is 13.0 Å². The van der Waals surface area contributed by atoms with Gasteiger partial charge in [0.1, 0.15) is 23.3 Å². The van der Waals surface area contributed by atoms with Crippen molar-refractivity contribution in [3.63, 3.8) is 0 Å². The van der Waals surface area contributed by atoms with E-state index in [4.69, 9.17) is 21.6 Å². The molecule has 0 spiro atoms. The van der Waals surface area contributed by atoms with Gasteiger partial charge in [-0.1, -0.05) is 17.7 Å². The molecule has 0 atom stereocenters. The molecule has 0 radical (unpaired) electrons. The topological polar surface area (TPSA) is 62.1 Å². The molecule has 106 valence electrons. The Morgan fingerprint density at radius 1 is 1.38 bits per heavy atom. The quantitative estimate of drug-likeness (QED) is 0.942. The van der Waals surface area contributed by atoms with E-state index in [1.807, 2.05) is 6.07 Å².